The molecule has 0 amide bonds. The molecule has 8 heteroatoms. The van der Waals surface area contributed by atoms with Crippen molar-refractivity contribution < 1.29 is 17.4 Å². The highest BCUT2D eigenvalue weighted by Gasteiger charge is 2.36. The molecule has 160 valence electrons. The minimum atomic E-state index is -3.91. The van der Waals surface area contributed by atoms with Crippen LogP contribution in [0.3, 0.4) is 0 Å². The summed E-state index contributed by atoms with van der Waals surface area (Å²) in [5.41, 5.74) is 2.18. The molecule has 1 aliphatic carbocycles. The van der Waals surface area contributed by atoms with Crippen LogP contribution in [0.1, 0.15) is 50.9 Å². The van der Waals surface area contributed by atoms with Gasteiger partial charge in [0.1, 0.15) is 10.6 Å². The van der Waals surface area contributed by atoms with Gasteiger partial charge < -0.3 is 4.55 Å². The predicted molar refractivity (Wildman–Crippen MR) is 118 cm³/mol. The summed E-state index contributed by atoms with van der Waals surface area (Å²) in [4.78, 5) is 0.0424. The first kappa shape index (κ1) is 21.4. The van der Waals surface area contributed by atoms with E-state index in [0.717, 1.165) is 35.9 Å². The number of rotatable bonds is 4. The molecule has 0 aliphatic heterocycles. The minimum absolute atomic E-state index is 0.0424. The Balaban J connectivity index is 1.91. The average Bonchev–Trinajstić information content (AvgIpc) is 3.03. The van der Waals surface area contributed by atoms with Crippen molar-refractivity contribution in [3.8, 4) is 0 Å². The van der Waals surface area contributed by atoms with Crippen LogP contribution in [0.5, 0.6) is 0 Å². The Hall–Kier alpha value is -1.87. The van der Waals surface area contributed by atoms with Gasteiger partial charge in [0.2, 0.25) is 0 Å². The molecule has 0 saturated heterocycles. The van der Waals surface area contributed by atoms with E-state index in [-0.39, 0.29) is 10.9 Å². The lowest BCUT2D eigenvalue weighted by Gasteiger charge is -2.30. The third-order valence-corrected chi connectivity index (χ3v) is 8.76. The molecule has 2 atom stereocenters. The van der Waals surface area contributed by atoms with Crippen molar-refractivity contribution >= 4 is 32.3 Å². The van der Waals surface area contributed by atoms with Gasteiger partial charge in [-0.25, -0.2) is 16.8 Å². The first-order valence-corrected chi connectivity index (χ1v) is 12.5. The van der Waals surface area contributed by atoms with Crippen LogP contribution in [0.4, 0.5) is 4.39 Å². The zero-order valence-corrected chi connectivity index (χ0v) is 18.8. The van der Waals surface area contributed by atoms with Gasteiger partial charge in [-0.3, -0.25) is 0 Å². The van der Waals surface area contributed by atoms with E-state index in [1.807, 2.05) is 32.9 Å². The smallest absolute Gasteiger partial charge is 0.268 e. The molecule has 0 unspecified atom stereocenters. The topological polar surface area (TPSA) is 74.2 Å². The Morgan fingerprint density at radius 1 is 1.13 bits per heavy atom. The second kappa shape index (κ2) is 7.67. The Morgan fingerprint density at radius 2 is 1.80 bits per heavy atom. The maximum atomic E-state index is 13.5. The zero-order chi connectivity index (χ0) is 21.7. The first-order valence-electron chi connectivity index (χ1n) is 9.92. The summed E-state index contributed by atoms with van der Waals surface area (Å²) in [6.45, 7) is 5.71. The second-order valence-electron chi connectivity index (χ2n) is 8.54. The van der Waals surface area contributed by atoms with Gasteiger partial charge >= 0.3 is 0 Å². The molecule has 5 nitrogen and oxygen atoms in total. The van der Waals surface area contributed by atoms with Crippen molar-refractivity contribution in [3.05, 3.63) is 65.6 Å². The number of hydrogen-bond acceptors (Lipinski definition) is 4. The van der Waals surface area contributed by atoms with E-state index in [4.69, 9.17) is 0 Å². The largest absolute Gasteiger partial charge is 0.598 e. The highest BCUT2D eigenvalue weighted by Crippen LogP contribution is 2.40. The Morgan fingerprint density at radius 3 is 2.47 bits per heavy atom. The number of nitrogens with zero attached hydrogens (tertiary/aromatic N) is 1. The highest BCUT2D eigenvalue weighted by molar-refractivity contribution is 7.91. The summed E-state index contributed by atoms with van der Waals surface area (Å²) in [6.07, 6.45) is 2.16. The van der Waals surface area contributed by atoms with Crippen LogP contribution in [0.15, 0.2) is 53.4 Å². The standard InChI is InChI=1S/C22H25FN2O3S2/c1-22(2,3)29(26)24-18-8-6-10-20-21(18)17-7-4-5-9-19(17)25(20)30(27,28)16-13-11-15(23)12-14-16/h4-5,7,9,11-14,18,24H,6,8,10H2,1-3H3/t18-,29+/m0/s1. The fourth-order valence-electron chi connectivity index (χ4n) is 3.94. The molecule has 30 heavy (non-hydrogen) atoms. The molecule has 1 heterocycles. The first-order chi connectivity index (χ1) is 14.1. The summed E-state index contributed by atoms with van der Waals surface area (Å²) < 4.78 is 57.4. The number of halogens is 1. The van der Waals surface area contributed by atoms with Gasteiger partial charge in [0.15, 0.2) is 0 Å². The molecule has 1 aromatic heterocycles. The van der Waals surface area contributed by atoms with Gasteiger partial charge in [0.05, 0.1) is 16.5 Å². The van der Waals surface area contributed by atoms with Crippen molar-refractivity contribution in [3.63, 3.8) is 0 Å². The number of benzene rings is 2. The average molecular weight is 449 g/mol. The fraction of sp³-hybridized carbons (Fsp3) is 0.364. The third kappa shape index (κ3) is 3.66. The zero-order valence-electron chi connectivity index (χ0n) is 17.2. The van der Waals surface area contributed by atoms with Crippen LogP contribution < -0.4 is 4.72 Å². The third-order valence-electron chi connectivity index (χ3n) is 5.38. The molecular weight excluding hydrogens is 423 g/mol. The molecule has 4 rings (SSSR count). The Labute approximate surface area is 179 Å². The van der Waals surface area contributed by atoms with E-state index in [9.17, 15) is 17.4 Å². The quantitative estimate of drug-likeness (QED) is 0.599. The van der Waals surface area contributed by atoms with Gasteiger partial charge in [0.25, 0.3) is 10.0 Å². The van der Waals surface area contributed by atoms with E-state index in [2.05, 4.69) is 4.72 Å². The van der Waals surface area contributed by atoms with E-state index in [0.29, 0.717) is 17.6 Å². The molecule has 0 bridgehead atoms. The SMILES string of the molecule is CC(C)(C)[S@@+]([O-])N[C@H]1CCCc2c1c1ccccc1n2S(=O)(=O)c1ccc(F)cc1. The van der Waals surface area contributed by atoms with Gasteiger partial charge in [-0.2, -0.15) is 0 Å². The highest BCUT2D eigenvalue weighted by atomic mass is 32.2. The van der Waals surface area contributed by atoms with E-state index < -0.39 is 31.9 Å². The maximum Gasteiger partial charge on any atom is 0.268 e. The van der Waals surface area contributed by atoms with Crippen molar-refractivity contribution in [2.24, 2.45) is 0 Å². The van der Waals surface area contributed by atoms with Crippen LogP contribution in [0.2, 0.25) is 0 Å². The number of nitrogens with one attached hydrogen (secondary N) is 1. The molecule has 2 aromatic carbocycles. The summed E-state index contributed by atoms with van der Waals surface area (Å²) >= 11 is -1.29. The number of aromatic nitrogens is 1. The van der Waals surface area contributed by atoms with E-state index >= 15 is 0 Å². The van der Waals surface area contributed by atoms with Gasteiger partial charge in [-0.15, -0.1) is 4.72 Å². The second-order valence-corrected chi connectivity index (χ2v) is 12.3. The van der Waals surface area contributed by atoms with E-state index in [1.165, 1.54) is 16.1 Å². The van der Waals surface area contributed by atoms with E-state index in [1.54, 1.807) is 12.1 Å². The van der Waals surface area contributed by atoms with Crippen LogP contribution in [-0.2, 0) is 27.8 Å². The number of para-hydroxylation sites is 1. The lowest BCUT2D eigenvalue weighted by molar-refractivity contribution is 0.488. The van der Waals surface area contributed by atoms with Crippen molar-refractivity contribution in [1.29, 1.82) is 0 Å². The lowest BCUT2D eigenvalue weighted by Crippen LogP contribution is -2.42. The predicted octanol–water partition coefficient (Wildman–Crippen LogP) is 4.45. The number of hydrogen-bond donors (Lipinski definition) is 1. The van der Waals surface area contributed by atoms with Gasteiger partial charge in [0, 0.05) is 28.0 Å². The molecular formula is C22H25FN2O3S2. The number of fused-ring (bicyclic) bond motifs is 3. The fourth-order valence-corrected chi connectivity index (χ4v) is 6.38. The summed E-state index contributed by atoms with van der Waals surface area (Å²) in [6, 6.07) is 12.1. The molecule has 3 aromatic rings. The summed E-state index contributed by atoms with van der Waals surface area (Å²) in [7, 11) is -3.91. The van der Waals surface area contributed by atoms with Crippen LogP contribution in [0.25, 0.3) is 10.9 Å². The minimum Gasteiger partial charge on any atom is -0.598 e. The molecule has 0 spiro atoms. The molecule has 0 fully saturated rings. The molecule has 1 N–H and O–H groups in total. The van der Waals surface area contributed by atoms with Crippen molar-refractivity contribution in [2.45, 2.75) is 55.7 Å². The van der Waals surface area contributed by atoms with Crippen LogP contribution in [0, 0.1) is 5.82 Å². The van der Waals surface area contributed by atoms with Gasteiger partial charge in [-0.05, 0) is 70.4 Å². The van der Waals surface area contributed by atoms with Crippen molar-refractivity contribution in [1.82, 2.24) is 8.69 Å². The Bertz CT molecular complexity index is 1180. The summed E-state index contributed by atoms with van der Waals surface area (Å²) in [5.74, 6) is -0.484. The van der Waals surface area contributed by atoms with Crippen LogP contribution >= 0.6 is 0 Å². The monoisotopic (exact) mass is 448 g/mol. The van der Waals surface area contributed by atoms with Crippen molar-refractivity contribution in [2.75, 3.05) is 0 Å². The molecule has 0 saturated carbocycles. The normalized spacial score (nSPS) is 18.4. The maximum absolute atomic E-state index is 13.5. The lowest BCUT2D eigenvalue weighted by atomic mass is 9.91. The summed E-state index contributed by atoms with van der Waals surface area (Å²) in [5, 5.41) is 0.835. The Kier molecular flexibility index (Phi) is 5.47. The molecule has 1 aliphatic rings. The van der Waals surface area contributed by atoms with Crippen LogP contribution in [-0.4, -0.2) is 21.7 Å². The molecule has 0 radical (unpaired) electrons. The van der Waals surface area contributed by atoms with Gasteiger partial charge in [-0.1, -0.05) is 18.2 Å².